The van der Waals surface area contributed by atoms with Crippen molar-refractivity contribution < 1.29 is 19.8 Å². The molecule has 100 valence electrons. The highest BCUT2D eigenvalue weighted by molar-refractivity contribution is 5.83. The van der Waals surface area contributed by atoms with Gasteiger partial charge in [-0.05, 0) is 26.2 Å². The molecule has 3 atom stereocenters. The van der Waals surface area contributed by atoms with Gasteiger partial charge in [-0.2, -0.15) is 0 Å². The molecule has 0 saturated carbocycles. The third-order valence-electron chi connectivity index (χ3n) is 2.24. The Bertz CT molecular complexity index is 266. The number of hydrogen-bond donors (Lipinski definition) is 4. The fourth-order valence-electron chi connectivity index (χ4n) is 1.56. The van der Waals surface area contributed by atoms with E-state index in [0.29, 0.717) is 5.92 Å². The van der Waals surface area contributed by atoms with Crippen molar-refractivity contribution >= 4 is 12.0 Å². The van der Waals surface area contributed by atoms with E-state index in [9.17, 15) is 14.7 Å². The highest BCUT2D eigenvalue weighted by Crippen LogP contribution is 2.03. The first-order valence-corrected chi connectivity index (χ1v) is 5.72. The molecule has 6 heteroatoms. The smallest absolute Gasteiger partial charge is 0.328 e. The maximum Gasteiger partial charge on any atom is 0.328 e. The summed E-state index contributed by atoms with van der Waals surface area (Å²) in [6.45, 7) is 7.23. The van der Waals surface area contributed by atoms with Gasteiger partial charge in [-0.25, -0.2) is 9.59 Å². The Morgan fingerprint density at radius 3 is 2.00 bits per heavy atom. The van der Waals surface area contributed by atoms with Gasteiger partial charge in [0.05, 0.1) is 6.10 Å². The largest absolute Gasteiger partial charge is 0.480 e. The van der Waals surface area contributed by atoms with Crippen LogP contribution in [0.5, 0.6) is 0 Å². The average molecular weight is 246 g/mol. The summed E-state index contributed by atoms with van der Waals surface area (Å²) < 4.78 is 0. The Morgan fingerprint density at radius 2 is 1.65 bits per heavy atom. The van der Waals surface area contributed by atoms with Gasteiger partial charge in [-0.1, -0.05) is 13.8 Å². The molecule has 0 aliphatic rings. The molecule has 17 heavy (non-hydrogen) atoms. The summed E-state index contributed by atoms with van der Waals surface area (Å²) in [5, 5.41) is 22.8. The molecular formula is C11H22N2O4. The fourth-order valence-corrected chi connectivity index (χ4v) is 1.56. The van der Waals surface area contributed by atoms with Crippen molar-refractivity contribution in [3.63, 3.8) is 0 Å². The minimum atomic E-state index is -1.29. The molecule has 0 saturated heterocycles. The summed E-state index contributed by atoms with van der Waals surface area (Å²) in [6.07, 6.45) is -0.335. The van der Waals surface area contributed by atoms with Crippen LogP contribution in [0.3, 0.4) is 0 Å². The van der Waals surface area contributed by atoms with Gasteiger partial charge in [-0.3, -0.25) is 0 Å². The molecule has 6 nitrogen and oxygen atoms in total. The van der Waals surface area contributed by atoms with Crippen LogP contribution < -0.4 is 10.6 Å². The summed E-state index contributed by atoms with van der Waals surface area (Å²) in [4.78, 5) is 22.2. The number of nitrogens with one attached hydrogen (secondary N) is 2. The lowest BCUT2D eigenvalue weighted by atomic mass is 10.1. The van der Waals surface area contributed by atoms with E-state index in [0.717, 1.165) is 6.42 Å². The summed E-state index contributed by atoms with van der Waals surface area (Å²) in [7, 11) is 0. The second kappa shape index (κ2) is 7.11. The zero-order chi connectivity index (χ0) is 13.6. The Kier molecular flexibility index (Phi) is 6.57. The Labute approximate surface area is 101 Å². The van der Waals surface area contributed by atoms with Crippen LogP contribution in [0.4, 0.5) is 4.79 Å². The van der Waals surface area contributed by atoms with Crippen LogP contribution in [0, 0.1) is 5.92 Å². The molecular weight excluding hydrogens is 224 g/mol. The summed E-state index contributed by atoms with van der Waals surface area (Å²) in [5.41, 5.74) is 0. The number of urea groups is 1. The predicted octanol–water partition coefficient (Wildman–Crippen LogP) is 0.554. The number of carbonyl (C=O) groups is 2. The number of amides is 2. The van der Waals surface area contributed by atoms with Gasteiger partial charge in [0.25, 0.3) is 0 Å². The standard InChI is InChI=1S/C11H22N2O4/c1-6(2)5-7(3)12-11(17)13-9(8(4)14)10(15)16/h6-9,14H,5H2,1-4H3,(H,15,16)(H2,12,13,17). The lowest BCUT2D eigenvalue weighted by Crippen LogP contribution is -2.52. The molecule has 2 amide bonds. The van der Waals surface area contributed by atoms with E-state index in [1.807, 2.05) is 20.8 Å². The molecule has 0 heterocycles. The average Bonchev–Trinajstić information content (AvgIpc) is 2.11. The van der Waals surface area contributed by atoms with Crippen LogP contribution in [0.2, 0.25) is 0 Å². The van der Waals surface area contributed by atoms with E-state index in [1.54, 1.807) is 0 Å². The predicted molar refractivity (Wildman–Crippen MR) is 63.7 cm³/mol. The van der Waals surface area contributed by atoms with Crippen LogP contribution in [0.15, 0.2) is 0 Å². The normalized spacial score (nSPS) is 16.1. The topological polar surface area (TPSA) is 98.7 Å². The maximum absolute atomic E-state index is 11.5. The van der Waals surface area contributed by atoms with E-state index in [1.165, 1.54) is 6.92 Å². The number of aliphatic hydroxyl groups excluding tert-OH is 1. The van der Waals surface area contributed by atoms with Gasteiger partial charge in [0.1, 0.15) is 0 Å². The zero-order valence-corrected chi connectivity index (χ0v) is 10.7. The van der Waals surface area contributed by atoms with E-state index >= 15 is 0 Å². The van der Waals surface area contributed by atoms with E-state index in [2.05, 4.69) is 10.6 Å². The number of aliphatic carboxylic acids is 1. The molecule has 0 fully saturated rings. The molecule has 0 aromatic rings. The quantitative estimate of drug-likeness (QED) is 0.550. The number of rotatable bonds is 6. The van der Waals surface area contributed by atoms with Crippen molar-refractivity contribution in [2.24, 2.45) is 5.92 Å². The van der Waals surface area contributed by atoms with Gasteiger partial charge in [-0.15, -0.1) is 0 Å². The zero-order valence-electron chi connectivity index (χ0n) is 10.7. The number of carbonyl (C=O) groups excluding carboxylic acids is 1. The highest BCUT2D eigenvalue weighted by atomic mass is 16.4. The van der Waals surface area contributed by atoms with Crippen molar-refractivity contribution in [2.45, 2.75) is 52.3 Å². The van der Waals surface area contributed by atoms with Crippen molar-refractivity contribution in [1.29, 1.82) is 0 Å². The molecule has 0 bridgehead atoms. The second-order valence-electron chi connectivity index (χ2n) is 4.70. The van der Waals surface area contributed by atoms with Crippen LogP contribution >= 0.6 is 0 Å². The molecule has 0 aliphatic carbocycles. The van der Waals surface area contributed by atoms with E-state index in [4.69, 9.17) is 5.11 Å². The molecule has 0 radical (unpaired) electrons. The third-order valence-corrected chi connectivity index (χ3v) is 2.24. The van der Waals surface area contributed by atoms with Gasteiger partial charge < -0.3 is 20.8 Å². The number of hydrogen-bond acceptors (Lipinski definition) is 3. The second-order valence-corrected chi connectivity index (χ2v) is 4.70. The van der Waals surface area contributed by atoms with Gasteiger partial charge in [0.15, 0.2) is 6.04 Å². The molecule has 0 spiro atoms. The van der Waals surface area contributed by atoms with E-state index < -0.39 is 24.1 Å². The van der Waals surface area contributed by atoms with Gasteiger partial charge >= 0.3 is 12.0 Å². The van der Waals surface area contributed by atoms with Crippen molar-refractivity contribution in [3.05, 3.63) is 0 Å². The molecule has 4 N–H and O–H groups in total. The van der Waals surface area contributed by atoms with E-state index in [-0.39, 0.29) is 6.04 Å². The Balaban J connectivity index is 4.19. The van der Waals surface area contributed by atoms with Crippen molar-refractivity contribution in [3.8, 4) is 0 Å². The Hall–Kier alpha value is -1.30. The minimum Gasteiger partial charge on any atom is -0.480 e. The first-order valence-electron chi connectivity index (χ1n) is 5.72. The summed E-state index contributed by atoms with van der Waals surface area (Å²) in [5.74, 6) is -0.816. The number of carboxylic acid groups (broad SMARTS) is 1. The third kappa shape index (κ3) is 6.78. The van der Waals surface area contributed by atoms with Crippen LogP contribution in [-0.2, 0) is 4.79 Å². The Morgan fingerprint density at radius 1 is 1.12 bits per heavy atom. The van der Waals surface area contributed by atoms with Crippen molar-refractivity contribution in [1.82, 2.24) is 10.6 Å². The summed E-state index contributed by atoms with van der Waals surface area (Å²) >= 11 is 0. The SMILES string of the molecule is CC(C)CC(C)NC(=O)NC(C(=O)O)C(C)O. The molecule has 0 aromatic heterocycles. The number of carboxylic acids is 1. The molecule has 0 aromatic carbocycles. The van der Waals surface area contributed by atoms with Gasteiger partial charge in [0, 0.05) is 6.04 Å². The first kappa shape index (κ1) is 15.7. The summed E-state index contributed by atoms with van der Waals surface area (Å²) in [6, 6.07) is -1.91. The highest BCUT2D eigenvalue weighted by Gasteiger charge is 2.25. The maximum atomic E-state index is 11.5. The number of aliphatic hydroxyl groups is 1. The van der Waals surface area contributed by atoms with Crippen LogP contribution in [0.1, 0.15) is 34.1 Å². The molecule has 0 rings (SSSR count). The lowest BCUT2D eigenvalue weighted by Gasteiger charge is -2.20. The monoisotopic (exact) mass is 246 g/mol. The lowest BCUT2D eigenvalue weighted by molar-refractivity contribution is -0.141. The van der Waals surface area contributed by atoms with Gasteiger partial charge in [0.2, 0.25) is 0 Å². The minimum absolute atomic E-state index is 0.0431. The fraction of sp³-hybridized carbons (Fsp3) is 0.818. The molecule has 3 unspecified atom stereocenters. The van der Waals surface area contributed by atoms with Crippen LogP contribution in [0.25, 0.3) is 0 Å². The van der Waals surface area contributed by atoms with Crippen LogP contribution in [-0.4, -0.2) is 40.4 Å². The van der Waals surface area contributed by atoms with Crippen molar-refractivity contribution in [2.75, 3.05) is 0 Å². The molecule has 0 aliphatic heterocycles. The first-order chi connectivity index (χ1) is 7.73.